The number of aliphatic hydroxyl groups excluding tert-OH is 1. The smallest absolute Gasteiger partial charge is 0.162 e. The van der Waals surface area contributed by atoms with Gasteiger partial charge in [-0.2, -0.15) is 0 Å². The van der Waals surface area contributed by atoms with Crippen LogP contribution in [0.25, 0.3) is 11.1 Å². The van der Waals surface area contributed by atoms with Crippen molar-refractivity contribution in [1.82, 2.24) is 10.2 Å². The Kier molecular flexibility index (Phi) is 9.12. The van der Waals surface area contributed by atoms with Crippen LogP contribution in [0.15, 0.2) is 78.5 Å². The first-order valence-electron chi connectivity index (χ1n) is 16.8. The number of ketones is 1. The zero-order valence-electron chi connectivity index (χ0n) is 26.9. The summed E-state index contributed by atoms with van der Waals surface area (Å²) in [6, 6.07) is 14.6. The minimum absolute atomic E-state index is 0.0912. The van der Waals surface area contributed by atoms with Gasteiger partial charge in [-0.25, -0.2) is 0 Å². The number of benzene rings is 2. The average molecular weight is 590 g/mol. The van der Waals surface area contributed by atoms with Crippen molar-refractivity contribution < 1.29 is 9.90 Å². The molecule has 4 aliphatic rings. The van der Waals surface area contributed by atoms with E-state index in [2.05, 4.69) is 86.1 Å². The highest BCUT2D eigenvalue weighted by Crippen LogP contribution is 2.51. The van der Waals surface area contributed by atoms with Gasteiger partial charge in [0, 0.05) is 30.1 Å². The highest BCUT2D eigenvalue weighted by molar-refractivity contribution is 6.01. The number of rotatable bonds is 13. The number of allylic oxidation sites excluding steroid dienone is 7. The predicted molar refractivity (Wildman–Crippen MR) is 182 cm³/mol. The van der Waals surface area contributed by atoms with Gasteiger partial charge in [0.25, 0.3) is 0 Å². The highest BCUT2D eigenvalue weighted by Gasteiger charge is 2.34. The van der Waals surface area contributed by atoms with Crippen LogP contribution in [-0.2, 0) is 5.41 Å². The molecule has 1 fully saturated rings. The zero-order valence-corrected chi connectivity index (χ0v) is 26.9. The third kappa shape index (κ3) is 7.03. The molecule has 1 saturated heterocycles. The van der Waals surface area contributed by atoms with Gasteiger partial charge < -0.3 is 15.3 Å². The summed E-state index contributed by atoms with van der Waals surface area (Å²) in [4.78, 5) is 15.2. The van der Waals surface area contributed by atoms with Crippen LogP contribution in [0.4, 0.5) is 0 Å². The SMILES string of the molecule is C=C(CCCCCC(=O)c1ccc(C(C)(C)C)cc1)NC(CN1CCCC1)[C@@H](O)c1ccc2c(c1)C1=C(C=C1)CC[C]1C=C12. The fourth-order valence-electron chi connectivity index (χ4n) is 6.97. The number of hydrogen-bond donors (Lipinski definition) is 2. The van der Waals surface area contributed by atoms with Crippen molar-refractivity contribution >= 4 is 16.9 Å². The average Bonchev–Trinajstić information content (AvgIpc) is 3.55. The minimum Gasteiger partial charge on any atom is -0.386 e. The van der Waals surface area contributed by atoms with E-state index in [9.17, 15) is 9.90 Å². The van der Waals surface area contributed by atoms with Crippen molar-refractivity contribution in [3.63, 3.8) is 0 Å². The molecule has 1 heterocycles. The molecule has 2 aromatic rings. The van der Waals surface area contributed by atoms with Crippen molar-refractivity contribution in [1.29, 1.82) is 0 Å². The van der Waals surface area contributed by atoms with E-state index in [1.807, 2.05) is 12.1 Å². The van der Waals surface area contributed by atoms with Crippen molar-refractivity contribution in [3.8, 4) is 0 Å². The lowest BCUT2D eigenvalue weighted by molar-refractivity contribution is 0.0978. The topological polar surface area (TPSA) is 52.6 Å². The number of nitrogens with one attached hydrogen (secondary N) is 1. The quantitative estimate of drug-likeness (QED) is 0.182. The number of likely N-dealkylation sites (tertiary alicyclic amines) is 1. The molecule has 44 heavy (non-hydrogen) atoms. The van der Waals surface area contributed by atoms with Crippen LogP contribution < -0.4 is 5.32 Å². The number of unbranched alkanes of at least 4 members (excludes halogenated alkanes) is 2. The third-order valence-electron chi connectivity index (χ3n) is 9.89. The van der Waals surface area contributed by atoms with Crippen molar-refractivity contribution in [3.05, 3.63) is 112 Å². The molecule has 2 N–H and O–H groups in total. The van der Waals surface area contributed by atoms with Gasteiger partial charge >= 0.3 is 0 Å². The number of Topliss-reactive ketones (excluding diaryl/α,β-unsaturated/α-hetero) is 1. The molecule has 2 aromatic carbocycles. The molecule has 2 atom stereocenters. The van der Waals surface area contributed by atoms with Crippen LogP contribution in [0, 0.1) is 5.92 Å². The molecule has 3 aliphatic carbocycles. The van der Waals surface area contributed by atoms with Gasteiger partial charge in [0.1, 0.15) is 6.10 Å². The summed E-state index contributed by atoms with van der Waals surface area (Å²) in [6.07, 6.45) is 15.1. The Hall–Kier alpha value is -3.21. The Balaban J connectivity index is 1.04. The van der Waals surface area contributed by atoms with Gasteiger partial charge in [-0.15, -0.1) is 0 Å². The second kappa shape index (κ2) is 13.0. The Morgan fingerprint density at radius 2 is 1.70 bits per heavy atom. The monoisotopic (exact) mass is 589 g/mol. The first kappa shape index (κ1) is 30.8. The van der Waals surface area contributed by atoms with Gasteiger partial charge in [0.2, 0.25) is 0 Å². The summed E-state index contributed by atoms with van der Waals surface area (Å²) in [5, 5.41) is 15.4. The van der Waals surface area contributed by atoms with Crippen molar-refractivity contribution in [2.45, 2.75) is 96.1 Å². The summed E-state index contributed by atoms with van der Waals surface area (Å²) in [5.41, 5.74) is 10.8. The van der Waals surface area contributed by atoms with Crippen molar-refractivity contribution in [2.75, 3.05) is 19.6 Å². The Morgan fingerprint density at radius 1 is 0.955 bits per heavy atom. The van der Waals surface area contributed by atoms with Gasteiger partial charge in [-0.1, -0.05) is 88.4 Å². The van der Waals surface area contributed by atoms with Gasteiger partial charge in [0.15, 0.2) is 5.78 Å². The van der Waals surface area contributed by atoms with Crippen LogP contribution in [0.3, 0.4) is 0 Å². The standard InChI is InChI=1S/C40H49N2O2/c1-27(10-6-5-7-11-38(43)29-14-18-32(19-15-29)40(2,3)4)41-37(26-42-22-8-9-23-42)39(44)31-17-21-34-35-24-30(35)13-12-28-16-20-33(28)36(34)25-31/h14-21,24-25,37,39,41,44H,1,5-13,22-23,26H2,2-4H3/t37?,39-/m0/s1. The number of fused-ring (bicyclic) bond motifs is 4. The third-order valence-corrected chi connectivity index (χ3v) is 9.89. The highest BCUT2D eigenvalue weighted by atomic mass is 16.3. The summed E-state index contributed by atoms with van der Waals surface area (Å²) in [6.45, 7) is 13.9. The summed E-state index contributed by atoms with van der Waals surface area (Å²) in [5.74, 6) is 1.70. The van der Waals surface area contributed by atoms with E-state index in [0.717, 1.165) is 75.0 Å². The molecule has 4 nitrogen and oxygen atoms in total. The van der Waals surface area contributed by atoms with E-state index >= 15 is 0 Å². The maximum absolute atomic E-state index is 12.7. The molecular formula is C40H49N2O2. The normalized spacial score (nSPS) is 19.1. The van der Waals surface area contributed by atoms with E-state index in [1.165, 1.54) is 52.2 Å². The predicted octanol–water partition coefficient (Wildman–Crippen LogP) is 8.51. The van der Waals surface area contributed by atoms with Crippen LogP contribution in [0.2, 0.25) is 0 Å². The molecule has 0 amide bonds. The van der Waals surface area contributed by atoms with E-state index in [0.29, 0.717) is 6.42 Å². The maximum atomic E-state index is 12.7. The van der Waals surface area contributed by atoms with Crippen molar-refractivity contribution in [2.24, 2.45) is 0 Å². The molecule has 231 valence electrons. The van der Waals surface area contributed by atoms with E-state index in [1.54, 1.807) is 0 Å². The Bertz CT molecular complexity index is 1480. The fourth-order valence-corrected chi connectivity index (χ4v) is 6.97. The van der Waals surface area contributed by atoms with Crippen LogP contribution in [-0.4, -0.2) is 41.5 Å². The van der Waals surface area contributed by atoms with Gasteiger partial charge in [-0.3, -0.25) is 4.79 Å². The summed E-state index contributed by atoms with van der Waals surface area (Å²) in [7, 11) is 0. The first-order valence-corrected chi connectivity index (χ1v) is 16.8. The first-order chi connectivity index (χ1) is 21.2. The molecule has 0 saturated carbocycles. The number of hydrogen-bond acceptors (Lipinski definition) is 4. The molecule has 0 bridgehead atoms. The van der Waals surface area contributed by atoms with Crippen LogP contribution in [0.1, 0.15) is 117 Å². The number of nitrogens with zero attached hydrogens (tertiary/aromatic N) is 1. The second-order valence-corrected chi connectivity index (χ2v) is 14.3. The molecule has 1 aliphatic heterocycles. The number of carbonyl (C=O) groups is 1. The molecule has 4 heteroatoms. The zero-order chi connectivity index (χ0) is 30.8. The lowest BCUT2D eigenvalue weighted by atomic mass is 9.81. The molecule has 1 radical (unpaired) electrons. The van der Waals surface area contributed by atoms with E-state index in [-0.39, 0.29) is 17.2 Å². The lowest BCUT2D eigenvalue weighted by Gasteiger charge is -2.31. The summed E-state index contributed by atoms with van der Waals surface area (Å²) >= 11 is 0. The fraction of sp³-hybridized carbons (Fsp3) is 0.450. The minimum atomic E-state index is -0.630. The van der Waals surface area contributed by atoms with Crippen LogP contribution in [0.5, 0.6) is 0 Å². The van der Waals surface area contributed by atoms with Gasteiger partial charge in [0.05, 0.1) is 6.04 Å². The van der Waals surface area contributed by atoms with Gasteiger partial charge in [-0.05, 0) is 108 Å². The molecule has 1 unspecified atom stereocenters. The largest absolute Gasteiger partial charge is 0.386 e. The number of aliphatic hydroxyl groups is 1. The number of carbonyl (C=O) groups excluding carboxylic acids is 1. The van der Waals surface area contributed by atoms with E-state index < -0.39 is 6.10 Å². The molecule has 6 rings (SSSR count). The molecule has 0 aromatic heterocycles. The lowest BCUT2D eigenvalue weighted by Crippen LogP contribution is -2.43. The Labute approximate surface area is 264 Å². The van der Waals surface area contributed by atoms with Crippen LogP contribution >= 0.6 is 0 Å². The maximum Gasteiger partial charge on any atom is 0.162 e. The Morgan fingerprint density at radius 3 is 2.41 bits per heavy atom. The molecular weight excluding hydrogens is 540 g/mol. The summed E-state index contributed by atoms with van der Waals surface area (Å²) < 4.78 is 0. The molecule has 0 spiro atoms. The second-order valence-electron chi connectivity index (χ2n) is 14.3. The van der Waals surface area contributed by atoms with E-state index in [4.69, 9.17) is 0 Å².